The Morgan fingerprint density at radius 1 is 1.40 bits per heavy atom. The normalized spacial score (nSPS) is 12.3. The summed E-state index contributed by atoms with van der Waals surface area (Å²) in [4.78, 5) is 10.7. The highest BCUT2D eigenvalue weighted by Crippen LogP contribution is 2.23. The second-order valence-electron chi connectivity index (χ2n) is 3.18. The molecule has 0 unspecified atom stereocenters. The zero-order chi connectivity index (χ0) is 11.6. The van der Waals surface area contributed by atoms with E-state index in [0.717, 1.165) is 0 Å². The fraction of sp³-hybridized carbons (Fsp3) is 0.182. The minimum atomic E-state index is -0.965. The number of benzene rings is 1. The van der Waals surface area contributed by atoms with Crippen LogP contribution in [-0.2, 0) is 4.79 Å². The average Bonchev–Trinajstić information content (AvgIpc) is 2.19. The zero-order valence-electron chi connectivity index (χ0n) is 8.34. The maximum absolute atomic E-state index is 12.9. The van der Waals surface area contributed by atoms with Gasteiger partial charge in [-0.2, -0.15) is 0 Å². The lowest BCUT2D eigenvalue weighted by molar-refractivity contribution is -0.132. The van der Waals surface area contributed by atoms with Crippen molar-refractivity contribution < 1.29 is 14.3 Å². The quantitative estimate of drug-likeness (QED) is 0.838. The summed E-state index contributed by atoms with van der Waals surface area (Å²) in [6.45, 7) is 3.22. The topological polar surface area (TPSA) is 37.3 Å². The molecule has 0 radical (unpaired) electrons. The first-order valence-corrected chi connectivity index (χ1v) is 5.09. The van der Waals surface area contributed by atoms with Crippen molar-refractivity contribution >= 4 is 27.5 Å². The van der Waals surface area contributed by atoms with E-state index in [1.807, 2.05) is 0 Å². The number of carboxylic acids is 1. The number of hydrogen-bond donors (Lipinski definition) is 1. The Hall–Kier alpha value is -1.16. The van der Waals surface area contributed by atoms with Crippen molar-refractivity contribution in [3.8, 4) is 0 Å². The fourth-order valence-electron chi connectivity index (χ4n) is 1.11. The van der Waals surface area contributed by atoms with Crippen molar-refractivity contribution in [1.29, 1.82) is 0 Å². The van der Waals surface area contributed by atoms with Crippen LogP contribution in [0, 0.1) is 5.82 Å². The molecule has 1 N–H and O–H groups in total. The minimum Gasteiger partial charge on any atom is -0.478 e. The molecule has 0 atom stereocenters. The van der Waals surface area contributed by atoms with E-state index < -0.39 is 5.97 Å². The van der Waals surface area contributed by atoms with Gasteiger partial charge < -0.3 is 5.11 Å². The number of aliphatic carboxylic acids is 1. The molecule has 80 valence electrons. The SMILES string of the molecule is CC(C(=O)O)=C(C)c1ccc(F)c(Br)c1. The number of rotatable bonds is 2. The van der Waals surface area contributed by atoms with Gasteiger partial charge in [0.1, 0.15) is 5.82 Å². The van der Waals surface area contributed by atoms with Gasteiger partial charge in [0, 0.05) is 5.57 Å². The summed E-state index contributed by atoms with van der Waals surface area (Å²) in [5.74, 6) is -1.33. The van der Waals surface area contributed by atoms with Crippen molar-refractivity contribution in [3.63, 3.8) is 0 Å². The van der Waals surface area contributed by atoms with Gasteiger partial charge >= 0.3 is 5.97 Å². The Bertz CT molecular complexity index is 438. The third-order valence-corrected chi connectivity index (χ3v) is 2.84. The Morgan fingerprint density at radius 3 is 2.47 bits per heavy atom. The van der Waals surface area contributed by atoms with Gasteiger partial charge in [0.2, 0.25) is 0 Å². The third kappa shape index (κ3) is 2.65. The number of halogens is 2. The second-order valence-corrected chi connectivity index (χ2v) is 4.04. The molecule has 0 amide bonds. The summed E-state index contributed by atoms with van der Waals surface area (Å²) in [6.07, 6.45) is 0. The van der Waals surface area contributed by atoms with E-state index in [4.69, 9.17) is 5.11 Å². The standard InChI is InChI=1S/C11H10BrFO2/c1-6(7(2)11(14)15)8-3-4-10(13)9(12)5-8/h3-5H,1-2H3,(H,14,15). The summed E-state index contributed by atoms with van der Waals surface area (Å²) in [6, 6.07) is 4.43. The molecule has 4 heteroatoms. The fourth-order valence-corrected chi connectivity index (χ4v) is 1.49. The molecule has 0 bridgehead atoms. The molecule has 0 spiro atoms. The van der Waals surface area contributed by atoms with Gasteiger partial charge in [0.25, 0.3) is 0 Å². The Kier molecular flexibility index (Phi) is 3.63. The molecule has 0 aromatic heterocycles. The van der Waals surface area contributed by atoms with Gasteiger partial charge in [-0.05, 0) is 53.0 Å². The van der Waals surface area contributed by atoms with Crippen LogP contribution in [-0.4, -0.2) is 11.1 Å². The lowest BCUT2D eigenvalue weighted by Gasteiger charge is -2.05. The van der Waals surface area contributed by atoms with Crippen LogP contribution in [0.5, 0.6) is 0 Å². The van der Waals surface area contributed by atoms with Crippen LogP contribution in [0.25, 0.3) is 5.57 Å². The Morgan fingerprint density at radius 2 is 2.00 bits per heavy atom. The number of carbonyl (C=O) groups is 1. The van der Waals surface area contributed by atoms with Crippen LogP contribution in [0.3, 0.4) is 0 Å². The van der Waals surface area contributed by atoms with Crippen LogP contribution < -0.4 is 0 Å². The van der Waals surface area contributed by atoms with Crippen molar-refractivity contribution in [1.82, 2.24) is 0 Å². The smallest absolute Gasteiger partial charge is 0.331 e. The Balaban J connectivity index is 3.23. The molecule has 1 aromatic rings. The van der Waals surface area contributed by atoms with E-state index in [1.54, 1.807) is 19.1 Å². The van der Waals surface area contributed by atoms with Crippen molar-refractivity contribution in [2.24, 2.45) is 0 Å². The van der Waals surface area contributed by atoms with Crippen molar-refractivity contribution in [2.45, 2.75) is 13.8 Å². The highest BCUT2D eigenvalue weighted by Gasteiger charge is 2.08. The lowest BCUT2D eigenvalue weighted by atomic mass is 10.0. The van der Waals surface area contributed by atoms with Crippen molar-refractivity contribution in [3.05, 3.63) is 39.6 Å². The number of hydrogen-bond acceptors (Lipinski definition) is 1. The molecule has 0 saturated carbocycles. The van der Waals surface area contributed by atoms with Gasteiger partial charge in [-0.3, -0.25) is 0 Å². The van der Waals surface area contributed by atoms with Crippen LogP contribution in [0.1, 0.15) is 19.4 Å². The van der Waals surface area contributed by atoms with Gasteiger partial charge in [-0.15, -0.1) is 0 Å². The highest BCUT2D eigenvalue weighted by atomic mass is 79.9. The molecule has 0 aliphatic heterocycles. The van der Waals surface area contributed by atoms with E-state index in [9.17, 15) is 9.18 Å². The summed E-state index contributed by atoms with van der Waals surface area (Å²) < 4.78 is 13.3. The van der Waals surface area contributed by atoms with Crippen LogP contribution in [0.15, 0.2) is 28.2 Å². The molecule has 0 aliphatic carbocycles. The van der Waals surface area contributed by atoms with E-state index in [2.05, 4.69) is 15.9 Å². The summed E-state index contributed by atoms with van der Waals surface area (Å²) in [5.41, 5.74) is 1.58. The summed E-state index contributed by atoms with van der Waals surface area (Å²) in [5, 5.41) is 8.79. The minimum absolute atomic E-state index is 0.258. The van der Waals surface area contributed by atoms with Crippen LogP contribution >= 0.6 is 15.9 Å². The number of carboxylic acid groups (broad SMARTS) is 1. The largest absolute Gasteiger partial charge is 0.478 e. The molecule has 0 heterocycles. The van der Waals surface area contributed by atoms with Gasteiger partial charge in [-0.1, -0.05) is 6.07 Å². The van der Waals surface area contributed by atoms with Gasteiger partial charge in [-0.25, -0.2) is 9.18 Å². The first kappa shape index (κ1) is 11.9. The molecule has 15 heavy (non-hydrogen) atoms. The maximum Gasteiger partial charge on any atom is 0.331 e. The first-order chi connectivity index (χ1) is 6.93. The monoisotopic (exact) mass is 272 g/mol. The molecule has 1 rings (SSSR count). The first-order valence-electron chi connectivity index (χ1n) is 4.29. The molecule has 2 nitrogen and oxygen atoms in total. The lowest BCUT2D eigenvalue weighted by Crippen LogP contribution is -1.99. The second kappa shape index (κ2) is 4.57. The third-order valence-electron chi connectivity index (χ3n) is 2.24. The molecule has 0 aliphatic rings. The predicted molar refractivity (Wildman–Crippen MR) is 60.0 cm³/mol. The van der Waals surface area contributed by atoms with E-state index in [1.165, 1.54) is 13.0 Å². The van der Waals surface area contributed by atoms with E-state index >= 15 is 0 Å². The molecular weight excluding hydrogens is 263 g/mol. The number of allylic oxidation sites excluding steroid dienone is 1. The predicted octanol–water partition coefficient (Wildman–Crippen LogP) is 3.47. The van der Waals surface area contributed by atoms with Crippen molar-refractivity contribution in [2.75, 3.05) is 0 Å². The maximum atomic E-state index is 12.9. The van der Waals surface area contributed by atoms with E-state index in [0.29, 0.717) is 15.6 Å². The van der Waals surface area contributed by atoms with Crippen LogP contribution in [0.2, 0.25) is 0 Å². The highest BCUT2D eigenvalue weighted by molar-refractivity contribution is 9.10. The van der Waals surface area contributed by atoms with Gasteiger partial charge in [0.05, 0.1) is 4.47 Å². The summed E-state index contributed by atoms with van der Waals surface area (Å²) in [7, 11) is 0. The van der Waals surface area contributed by atoms with Crippen LogP contribution in [0.4, 0.5) is 4.39 Å². The van der Waals surface area contributed by atoms with Gasteiger partial charge in [0.15, 0.2) is 0 Å². The summed E-state index contributed by atoms with van der Waals surface area (Å²) >= 11 is 3.06. The Labute approximate surface area is 95.6 Å². The zero-order valence-corrected chi connectivity index (χ0v) is 9.93. The molecular formula is C11H10BrFO2. The van der Waals surface area contributed by atoms with E-state index in [-0.39, 0.29) is 11.4 Å². The molecule has 0 fully saturated rings. The average molecular weight is 273 g/mol. The molecule has 0 saturated heterocycles. The molecule has 1 aromatic carbocycles.